The molecule has 0 spiro atoms. The van der Waals surface area contributed by atoms with Gasteiger partial charge in [-0.1, -0.05) is 184 Å². The van der Waals surface area contributed by atoms with Crippen LogP contribution >= 0.6 is 0 Å². The second-order valence-electron chi connectivity index (χ2n) is 19.4. The predicted molar refractivity (Wildman–Crippen MR) is 295 cm³/mol. The molecule has 3 heterocycles. The SMILES string of the molecule is CC1(C)c2ccccc2-c2ccc(-c3ccc(-c4cc(-c5ccc(-n6c7ccccc7c7cc(-c8ccc9c(c8)c8ccccc8n9-c8ccccc8)ccc76)cc5)nc(-c5ccccc5)n4)cc3)cc21. The zero-order chi connectivity index (χ0) is 47.2. The van der Waals surface area contributed by atoms with Crippen LogP contribution in [0.1, 0.15) is 25.0 Å². The fourth-order valence-corrected chi connectivity index (χ4v) is 11.4. The largest absolute Gasteiger partial charge is 0.309 e. The summed E-state index contributed by atoms with van der Waals surface area (Å²) in [6.45, 7) is 4.67. The summed E-state index contributed by atoms with van der Waals surface area (Å²) in [7, 11) is 0. The van der Waals surface area contributed by atoms with Gasteiger partial charge in [0.05, 0.1) is 33.5 Å². The molecule has 0 amide bonds. The Morgan fingerprint density at radius 1 is 0.296 bits per heavy atom. The number of aromatic nitrogens is 4. The van der Waals surface area contributed by atoms with Crippen LogP contribution < -0.4 is 0 Å². The summed E-state index contributed by atoms with van der Waals surface area (Å²) in [5.41, 5.74) is 22.0. The third kappa shape index (κ3) is 6.60. The molecule has 14 rings (SSSR count). The first-order chi connectivity index (χ1) is 34.9. The highest BCUT2D eigenvalue weighted by molar-refractivity contribution is 6.12. The molecule has 71 heavy (non-hydrogen) atoms. The molecule has 0 N–H and O–H groups in total. The highest BCUT2D eigenvalue weighted by Gasteiger charge is 2.35. The van der Waals surface area contributed by atoms with Gasteiger partial charge < -0.3 is 9.13 Å². The van der Waals surface area contributed by atoms with Gasteiger partial charge in [0, 0.05) is 55.0 Å². The van der Waals surface area contributed by atoms with Crippen molar-refractivity contribution in [2.24, 2.45) is 0 Å². The Labute approximate surface area is 412 Å². The number of para-hydroxylation sites is 3. The van der Waals surface area contributed by atoms with Crippen LogP contribution in [0.25, 0.3) is 122 Å². The van der Waals surface area contributed by atoms with E-state index in [0.29, 0.717) is 5.82 Å². The maximum Gasteiger partial charge on any atom is 0.160 e. The summed E-state index contributed by atoms with van der Waals surface area (Å²) in [5.74, 6) is 0.700. The average Bonchev–Trinajstić information content (AvgIpc) is 4.03. The molecule has 1 aliphatic rings. The van der Waals surface area contributed by atoms with Gasteiger partial charge in [-0.15, -0.1) is 0 Å². The highest BCUT2D eigenvalue weighted by atomic mass is 15.0. The van der Waals surface area contributed by atoms with Gasteiger partial charge in [-0.3, -0.25) is 0 Å². The Bertz CT molecular complexity index is 4220. The van der Waals surface area contributed by atoms with Gasteiger partial charge in [0.15, 0.2) is 5.82 Å². The van der Waals surface area contributed by atoms with E-state index in [1.54, 1.807) is 0 Å². The van der Waals surface area contributed by atoms with Gasteiger partial charge in [-0.05, 0) is 117 Å². The van der Waals surface area contributed by atoms with E-state index < -0.39 is 0 Å². The standard InChI is InChI=1S/C67H46N4/c1-67(2)58-22-12-9-19-52(58)53-36-31-49(41-59(53)67)43-25-27-44(28-26-43)60-42-61(69-66(68-60)46-15-5-3-6-16-46)45-29-34-51(35-30-45)71-63-24-14-11-21-55(63)57-40-48(33-38-65(57)71)47-32-37-64-56(39-47)54-20-10-13-23-62(54)70(64)50-17-7-4-8-18-50/h3-42H,1-2H3. The molecule has 0 bridgehead atoms. The van der Waals surface area contributed by atoms with Crippen molar-refractivity contribution in [1.82, 2.24) is 19.1 Å². The molecule has 3 aromatic heterocycles. The Hall–Kier alpha value is -9.12. The van der Waals surface area contributed by atoms with Crippen molar-refractivity contribution < 1.29 is 0 Å². The van der Waals surface area contributed by atoms with Crippen LogP contribution in [0.3, 0.4) is 0 Å². The molecule has 0 aliphatic heterocycles. The van der Waals surface area contributed by atoms with E-state index in [2.05, 4.69) is 247 Å². The van der Waals surface area contributed by atoms with Crippen molar-refractivity contribution in [2.45, 2.75) is 19.3 Å². The first-order valence-electron chi connectivity index (χ1n) is 24.5. The molecule has 0 unspecified atom stereocenters. The Morgan fingerprint density at radius 3 is 1.35 bits per heavy atom. The second kappa shape index (κ2) is 16.0. The number of rotatable bonds is 7. The molecular weight excluding hydrogens is 861 g/mol. The van der Waals surface area contributed by atoms with Crippen LogP contribution in [0.5, 0.6) is 0 Å². The quantitative estimate of drug-likeness (QED) is 0.160. The van der Waals surface area contributed by atoms with Crippen LogP contribution in [-0.4, -0.2) is 19.1 Å². The van der Waals surface area contributed by atoms with Crippen molar-refractivity contribution in [3.05, 3.63) is 254 Å². The van der Waals surface area contributed by atoms with Crippen molar-refractivity contribution in [3.8, 4) is 78.7 Å². The van der Waals surface area contributed by atoms with Gasteiger partial charge in [-0.25, -0.2) is 9.97 Å². The number of benzene rings is 10. The van der Waals surface area contributed by atoms with Crippen LogP contribution in [0.4, 0.5) is 0 Å². The molecule has 4 heteroatoms. The third-order valence-corrected chi connectivity index (χ3v) is 15.0. The fraction of sp³-hybridized carbons (Fsp3) is 0.0448. The molecule has 10 aromatic carbocycles. The van der Waals surface area contributed by atoms with E-state index in [-0.39, 0.29) is 5.41 Å². The normalized spacial score (nSPS) is 12.8. The van der Waals surface area contributed by atoms with E-state index >= 15 is 0 Å². The summed E-state index contributed by atoms with van der Waals surface area (Å²) < 4.78 is 4.76. The summed E-state index contributed by atoms with van der Waals surface area (Å²) in [4.78, 5) is 10.4. The summed E-state index contributed by atoms with van der Waals surface area (Å²) in [6.07, 6.45) is 0. The molecular formula is C67H46N4. The Morgan fingerprint density at radius 2 is 0.732 bits per heavy atom. The summed E-state index contributed by atoms with van der Waals surface area (Å²) in [5, 5.41) is 4.94. The average molecular weight is 907 g/mol. The van der Waals surface area contributed by atoms with Crippen molar-refractivity contribution in [2.75, 3.05) is 0 Å². The first kappa shape index (κ1) is 40.9. The molecule has 334 valence electrons. The van der Waals surface area contributed by atoms with Crippen molar-refractivity contribution in [1.29, 1.82) is 0 Å². The number of nitrogens with zero attached hydrogens (tertiary/aromatic N) is 4. The minimum absolute atomic E-state index is 0.0517. The monoisotopic (exact) mass is 906 g/mol. The van der Waals surface area contributed by atoms with Gasteiger partial charge >= 0.3 is 0 Å². The lowest BCUT2D eigenvalue weighted by Crippen LogP contribution is -2.14. The zero-order valence-electron chi connectivity index (χ0n) is 39.4. The van der Waals surface area contributed by atoms with E-state index in [0.717, 1.165) is 45.0 Å². The summed E-state index contributed by atoms with van der Waals surface area (Å²) >= 11 is 0. The number of hydrogen-bond donors (Lipinski definition) is 0. The van der Waals surface area contributed by atoms with Crippen molar-refractivity contribution >= 4 is 43.6 Å². The number of fused-ring (bicyclic) bond motifs is 9. The highest BCUT2D eigenvalue weighted by Crippen LogP contribution is 2.49. The number of hydrogen-bond acceptors (Lipinski definition) is 2. The summed E-state index contributed by atoms with van der Waals surface area (Å²) in [6, 6.07) is 87.8. The topological polar surface area (TPSA) is 35.6 Å². The fourth-order valence-electron chi connectivity index (χ4n) is 11.4. The molecule has 0 radical (unpaired) electrons. The van der Waals surface area contributed by atoms with Gasteiger partial charge in [0.2, 0.25) is 0 Å². The smallest absolute Gasteiger partial charge is 0.160 e. The van der Waals surface area contributed by atoms with E-state index in [4.69, 9.17) is 9.97 Å². The van der Waals surface area contributed by atoms with Crippen molar-refractivity contribution in [3.63, 3.8) is 0 Å². The van der Waals surface area contributed by atoms with Gasteiger partial charge in [0.1, 0.15) is 0 Å². The minimum Gasteiger partial charge on any atom is -0.309 e. The molecule has 4 nitrogen and oxygen atoms in total. The molecule has 0 saturated heterocycles. The Balaban J connectivity index is 0.813. The van der Waals surface area contributed by atoms with Crippen LogP contribution in [0.15, 0.2) is 243 Å². The van der Waals surface area contributed by atoms with Gasteiger partial charge in [-0.2, -0.15) is 0 Å². The van der Waals surface area contributed by atoms with Crippen LogP contribution in [0, 0.1) is 0 Å². The van der Waals surface area contributed by atoms with E-state index in [1.165, 1.54) is 82.6 Å². The first-order valence-corrected chi connectivity index (χ1v) is 24.5. The molecule has 1 aliphatic carbocycles. The second-order valence-corrected chi connectivity index (χ2v) is 19.4. The van der Waals surface area contributed by atoms with Crippen LogP contribution in [-0.2, 0) is 5.41 Å². The van der Waals surface area contributed by atoms with E-state index in [9.17, 15) is 0 Å². The Kier molecular flexibility index (Phi) is 9.21. The molecule has 13 aromatic rings. The predicted octanol–water partition coefficient (Wildman–Crippen LogP) is 17.3. The zero-order valence-corrected chi connectivity index (χ0v) is 39.4. The molecule has 0 saturated carbocycles. The lowest BCUT2D eigenvalue weighted by Gasteiger charge is -2.22. The van der Waals surface area contributed by atoms with Crippen LogP contribution in [0.2, 0.25) is 0 Å². The van der Waals surface area contributed by atoms with E-state index in [1.807, 2.05) is 18.2 Å². The maximum atomic E-state index is 5.19. The minimum atomic E-state index is -0.0517. The molecule has 0 fully saturated rings. The molecule has 0 atom stereocenters. The lowest BCUT2D eigenvalue weighted by atomic mass is 9.81. The lowest BCUT2D eigenvalue weighted by molar-refractivity contribution is 0.660. The maximum absolute atomic E-state index is 5.19. The third-order valence-electron chi connectivity index (χ3n) is 15.0. The van der Waals surface area contributed by atoms with Gasteiger partial charge in [0.25, 0.3) is 0 Å².